The first-order chi connectivity index (χ1) is 10.2. The molecule has 2 aromatic rings. The maximum absolute atomic E-state index is 6.04. The normalized spacial score (nSPS) is 11.0. The summed E-state index contributed by atoms with van der Waals surface area (Å²) in [5, 5.41) is 4.00. The van der Waals surface area contributed by atoms with Crippen molar-refractivity contribution in [3.8, 4) is 11.3 Å². The first kappa shape index (κ1) is 16.0. The SMILES string of the molecule is COCCNCCCc1ncc(-c2cc(Cl)ccc2C)o1. The molecule has 0 aliphatic rings. The largest absolute Gasteiger partial charge is 0.441 e. The molecule has 1 aromatic heterocycles. The van der Waals surface area contributed by atoms with Crippen molar-refractivity contribution < 1.29 is 9.15 Å². The van der Waals surface area contributed by atoms with Gasteiger partial charge in [-0.25, -0.2) is 4.98 Å². The maximum Gasteiger partial charge on any atom is 0.194 e. The van der Waals surface area contributed by atoms with E-state index < -0.39 is 0 Å². The van der Waals surface area contributed by atoms with Crippen LogP contribution in [0.15, 0.2) is 28.8 Å². The van der Waals surface area contributed by atoms with Crippen LogP contribution in [0.3, 0.4) is 0 Å². The van der Waals surface area contributed by atoms with Crippen molar-refractivity contribution in [2.24, 2.45) is 0 Å². The lowest BCUT2D eigenvalue weighted by Crippen LogP contribution is -2.20. The molecule has 21 heavy (non-hydrogen) atoms. The molecule has 5 heteroatoms. The summed E-state index contributed by atoms with van der Waals surface area (Å²) in [6.45, 7) is 4.57. The van der Waals surface area contributed by atoms with Gasteiger partial charge in [0, 0.05) is 30.7 Å². The molecule has 4 nitrogen and oxygen atoms in total. The van der Waals surface area contributed by atoms with Crippen LogP contribution in [-0.2, 0) is 11.2 Å². The Bertz CT molecular complexity index is 569. The van der Waals surface area contributed by atoms with Crippen molar-refractivity contribution in [3.63, 3.8) is 0 Å². The lowest BCUT2D eigenvalue weighted by atomic mass is 10.1. The van der Waals surface area contributed by atoms with Gasteiger partial charge in [-0.1, -0.05) is 17.7 Å². The number of aromatic nitrogens is 1. The summed E-state index contributed by atoms with van der Waals surface area (Å²) in [7, 11) is 1.70. The minimum atomic E-state index is 0.705. The molecule has 0 unspecified atom stereocenters. The summed E-state index contributed by atoms with van der Waals surface area (Å²) in [6, 6.07) is 5.77. The molecule has 0 saturated carbocycles. The van der Waals surface area contributed by atoms with Gasteiger partial charge in [0.1, 0.15) is 0 Å². The molecule has 0 amide bonds. The number of nitrogens with one attached hydrogen (secondary N) is 1. The molecule has 0 saturated heterocycles. The zero-order chi connectivity index (χ0) is 15.1. The monoisotopic (exact) mass is 308 g/mol. The molecular formula is C16H21ClN2O2. The summed E-state index contributed by atoms with van der Waals surface area (Å²) in [5.41, 5.74) is 2.13. The number of oxazole rings is 1. The van der Waals surface area contributed by atoms with Crippen LogP contribution in [0.25, 0.3) is 11.3 Å². The molecule has 114 valence electrons. The van der Waals surface area contributed by atoms with Crippen LogP contribution >= 0.6 is 11.6 Å². The standard InChI is InChI=1S/C16H21ClN2O2/c1-12-5-6-13(17)10-14(12)15-11-19-16(21-15)4-3-7-18-8-9-20-2/h5-6,10-11,18H,3-4,7-9H2,1-2H3. The second-order valence-electron chi connectivity index (χ2n) is 4.92. The van der Waals surface area contributed by atoms with E-state index in [1.165, 1.54) is 0 Å². The third-order valence-electron chi connectivity index (χ3n) is 3.25. The number of benzene rings is 1. The minimum absolute atomic E-state index is 0.705. The minimum Gasteiger partial charge on any atom is -0.441 e. The third kappa shape index (κ3) is 4.84. The highest BCUT2D eigenvalue weighted by molar-refractivity contribution is 6.30. The summed E-state index contributed by atoms with van der Waals surface area (Å²) < 4.78 is 10.8. The Balaban J connectivity index is 1.88. The Hall–Kier alpha value is -1.36. The van der Waals surface area contributed by atoms with E-state index in [-0.39, 0.29) is 0 Å². The highest BCUT2D eigenvalue weighted by Gasteiger charge is 2.09. The van der Waals surface area contributed by atoms with Crippen molar-refractivity contribution in [1.82, 2.24) is 10.3 Å². The van der Waals surface area contributed by atoms with Crippen LogP contribution in [0.1, 0.15) is 17.9 Å². The number of aryl methyl sites for hydroxylation is 2. The number of rotatable bonds is 8. The molecule has 0 aliphatic carbocycles. The average molecular weight is 309 g/mol. The zero-order valence-electron chi connectivity index (χ0n) is 12.5. The smallest absolute Gasteiger partial charge is 0.194 e. The highest BCUT2D eigenvalue weighted by Crippen LogP contribution is 2.27. The Morgan fingerprint density at radius 3 is 3.00 bits per heavy atom. The Morgan fingerprint density at radius 1 is 1.33 bits per heavy atom. The van der Waals surface area contributed by atoms with Gasteiger partial charge >= 0.3 is 0 Å². The molecule has 0 atom stereocenters. The van der Waals surface area contributed by atoms with Crippen LogP contribution in [0.2, 0.25) is 5.02 Å². The fourth-order valence-electron chi connectivity index (χ4n) is 2.07. The molecule has 1 aromatic carbocycles. The Labute approximate surface area is 130 Å². The summed E-state index contributed by atoms with van der Waals surface area (Å²) in [6.07, 6.45) is 3.57. The van der Waals surface area contributed by atoms with E-state index in [1.54, 1.807) is 13.3 Å². The van der Waals surface area contributed by atoms with E-state index >= 15 is 0 Å². The summed E-state index contributed by atoms with van der Waals surface area (Å²) in [4.78, 5) is 4.34. The number of nitrogens with zero attached hydrogens (tertiary/aromatic N) is 1. The van der Waals surface area contributed by atoms with Gasteiger partial charge in [0.2, 0.25) is 0 Å². The van der Waals surface area contributed by atoms with Gasteiger partial charge in [0.25, 0.3) is 0 Å². The third-order valence-corrected chi connectivity index (χ3v) is 3.48. The van der Waals surface area contributed by atoms with Gasteiger partial charge < -0.3 is 14.5 Å². The van der Waals surface area contributed by atoms with Gasteiger partial charge in [-0.05, 0) is 37.6 Å². The lowest BCUT2D eigenvalue weighted by molar-refractivity contribution is 0.199. The summed E-state index contributed by atoms with van der Waals surface area (Å²) >= 11 is 6.04. The second-order valence-corrected chi connectivity index (χ2v) is 5.36. The van der Waals surface area contributed by atoms with E-state index in [4.69, 9.17) is 20.8 Å². The van der Waals surface area contributed by atoms with Crippen LogP contribution in [-0.4, -0.2) is 31.8 Å². The Kier molecular flexibility index (Phi) is 6.23. The van der Waals surface area contributed by atoms with E-state index in [0.717, 1.165) is 55.3 Å². The average Bonchev–Trinajstić information content (AvgIpc) is 2.94. The van der Waals surface area contributed by atoms with E-state index in [1.807, 2.05) is 25.1 Å². The van der Waals surface area contributed by atoms with E-state index in [2.05, 4.69) is 10.3 Å². The van der Waals surface area contributed by atoms with Gasteiger partial charge in [0.05, 0.1) is 12.8 Å². The van der Waals surface area contributed by atoms with Crippen molar-refractivity contribution in [3.05, 3.63) is 40.9 Å². The predicted molar refractivity (Wildman–Crippen MR) is 84.8 cm³/mol. The highest BCUT2D eigenvalue weighted by atomic mass is 35.5. The number of hydrogen-bond acceptors (Lipinski definition) is 4. The zero-order valence-corrected chi connectivity index (χ0v) is 13.2. The molecule has 0 spiro atoms. The second kappa shape index (κ2) is 8.17. The quantitative estimate of drug-likeness (QED) is 0.759. The number of methoxy groups -OCH3 is 1. The number of halogens is 1. The van der Waals surface area contributed by atoms with Crippen LogP contribution in [0, 0.1) is 6.92 Å². The van der Waals surface area contributed by atoms with Crippen LogP contribution in [0.5, 0.6) is 0 Å². The fourth-order valence-corrected chi connectivity index (χ4v) is 2.25. The lowest BCUT2D eigenvalue weighted by Gasteiger charge is -2.03. The van der Waals surface area contributed by atoms with Crippen LogP contribution < -0.4 is 5.32 Å². The predicted octanol–water partition coefficient (Wildman–Crippen LogP) is 3.47. The summed E-state index contributed by atoms with van der Waals surface area (Å²) in [5.74, 6) is 1.54. The van der Waals surface area contributed by atoms with Gasteiger partial charge in [-0.2, -0.15) is 0 Å². The topological polar surface area (TPSA) is 47.3 Å². The number of ether oxygens (including phenoxy) is 1. The van der Waals surface area contributed by atoms with E-state index in [0.29, 0.717) is 5.02 Å². The first-order valence-electron chi connectivity index (χ1n) is 7.11. The molecule has 1 heterocycles. The Morgan fingerprint density at radius 2 is 2.19 bits per heavy atom. The molecule has 0 aliphatic heterocycles. The van der Waals surface area contributed by atoms with Gasteiger partial charge in [0.15, 0.2) is 11.7 Å². The van der Waals surface area contributed by atoms with Gasteiger partial charge in [-0.3, -0.25) is 0 Å². The van der Waals surface area contributed by atoms with Gasteiger partial charge in [-0.15, -0.1) is 0 Å². The molecule has 0 fully saturated rings. The van der Waals surface area contributed by atoms with Crippen LogP contribution in [0.4, 0.5) is 0 Å². The van der Waals surface area contributed by atoms with E-state index in [9.17, 15) is 0 Å². The van der Waals surface area contributed by atoms with Crippen molar-refractivity contribution in [2.75, 3.05) is 26.8 Å². The molecule has 0 radical (unpaired) electrons. The molecular weight excluding hydrogens is 288 g/mol. The maximum atomic E-state index is 6.04. The molecule has 0 bridgehead atoms. The first-order valence-corrected chi connectivity index (χ1v) is 7.49. The van der Waals surface area contributed by atoms with Crippen molar-refractivity contribution >= 4 is 11.6 Å². The fraction of sp³-hybridized carbons (Fsp3) is 0.438. The molecule has 1 N–H and O–H groups in total. The van der Waals surface area contributed by atoms with Crippen molar-refractivity contribution in [1.29, 1.82) is 0 Å². The van der Waals surface area contributed by atoms with Crippen molar-refractivity contribution in [2.45, 2.75) is 19.8 Å². The molecule has 2 rings (SSSR count). The number of hydrogen-bond donors (Lipinski definition) is 1.